The van der Waals surface area contributed by atoms with Gasteiger partial charge in [0.25, 0.3) is 0 Å². The second-order valence-electron chi connectivity index (χ2n) is 5.58. The molecule has 1 rings (SSSR count). The van der Waals surface area contributed by atoms with Crippen LogP contribution in [0.4, 0.5) is 0 Å². The smallest absolute Gasteiger partial charge is 0.142 e. The molecule has 0 spiro atoms. The van der Waals surface area contributed by atoms with E-state index in [1.54, 1.807) is 0 Å². The molecule has 1 nitrogen and oxygen atoms in total. The van der Waals surface area contributed by atoms with Crippen molar-refractivity contribution in [2.24, 2.45) is 23.2 Å². The highest BCUT2D eigenvalue weighted by Crippen LogP contribution is 2.52. The predicted molar refractivity (Wildman–Crippen MR) is 74.3 cm³/mol. The van der Waals surface area contributed by atoms with Gasteiger partial charge in [0, 0.05) is 17.2 Å². The third-order valence-electron chi connectivity index (χ3n) is 4.48. The van der Waals surface area contributed by atoms with Gasteiger partial charge in [-0.2, -0.15) is 0 Å². The molecule has 0 amide bonds. The molecule has 0 heterocycles. The molecule has 1 saturated carbocycles. The Morgan fingerprint density at radius 3 is 2.59 bits per heavy atom. The zero-order valence-electron chi connectivity index (χ0n) is 11.5. The van der Waals surface area contributed by atoms with Crippen molar-refractivity contribution in [3.05, 3.63) is 12.2 Å². The zero-order valence-corrected chi connectivity index (χ0v) is 12.3. The number of halogens is 1. The van der Waals surface area contributed by atoms with Crippen molar-refractivity contribution >= 4 is 17.4 Å². The van der Waals surface area contributed by atoms with Gasteiger partial charge in [-0.3, -0.25) is 4.79 Å². The van der Waals surface area contributed by atoms with E-state index in [1.165, 1.54) is 0 Å². The third-order valence-corrected chi connectivity index (χ3v) is 4.66. The highest BCUT2D eigenvalue weighted by atomic mass is 35.5. The molecule has 0 aromatic carbocycles. The topological polar surface area (TPSA) is 17.1 Å². The van der Waals surface area contributed by atoms with Crippen LogP contribution in [0.2, 0.25) is 0 Å². The van der Waals surface area contributed by atoms with Gasteiger partial charge in [0.2, 0.25) is 0 Å². The number of allylic oxidation sites excluding steroid dienone is 2. The first-order valence-corrected chi connectivity index (χ1v) is 7.31. The van der Waals surface area contributed by atoms with E-state index in [1.807, 2.05) is 19.9 Å². The molecular weight excluding hydrogens is 232 g/mol. The fraction of sp³-hybridized carbons (Fsp3) is 0.800. The Kier molecular flexibility index (Phi) is 5.24. The number of Topliss-reactive ketones (excluding diaryl/α,β-unsaturated/α-hetero) is 1. The Balaban J connectivity index is 3.06. The highest BCUT2D eigenvalue weighted by molar-refractivity contribution is 6.18. The molecule has 0 radical (unpaired) electrons. The van der Waals surface area contributed by atoms with Crippen LogP contribution < -0.4 is 0 Å². The van der Waals surface area contributed by atoms with Gasteiger partial charge in [-0.15, -0.1) is 11.6 Å². The molecule has 0 N–H and O–H groups in total. The van der Waals surface area contributed by atoms with E-state index in [0.29, 0.717) is 23.5 Å². The lowest BCUT2D eigenvalue weighted by molar-refractivity contribution is -0.135. The monoisotopic (exact) mass is 256 g/mol. The van der Waals surface area contributed by atoms with Gasteiger partial charge in [-0.25, -0.2) is 0 Å². The maximum Gasteiger partial charge on any atom is 0.142 e. The van der Waals surface area contributed by atoms with Crippen molar-refractivity contribution in [2.75, 3.05) is 5.88 Å². The van der Waals surface area contributed by atoms with Gasteiger partial charge in [-0.05, 0) is 31.1 Å². The molecule has 0 unspecified atom stereocenters. The Morgan fingerprint density at radius 2 is 2.12 bits per heavy atom. The number of rotatable bonds is 5. The summed E-state index contributed by atoms with van der Waals surface area (Å²) in [5.74, 6) is 1.99. The summed E-state index contributed by atoms with van der Waals surface area (Å²) in [6.07, 6.45) is 7.41. The number of carbonyl (C=O) groups is 1. The lowest BCUT2D eigenvalue weighted by Crippen LogP contribution is -2.41. The van der Waals surface area contributed by atoms with E-state index in [4.69, 9.17) is 11.6 Å². The summed E-state index contributed by atoms with van der Waals surface area (Å²) in [6, 6.07) is 0. The minimum Gasteiger partial charge on any atom is -0.299 e. The predicted octanol–water partition coefficient (Wildman–Crippen LogP) is 4.45. The Morgan fingerprint density at radius 1 is 1.47 bits per heavy atom. The molecule has 0 aromatic rings. The van der Waals surface area contributed by atoms with Gasteiger partial charge in [0.15, 0.2) is 0 Å². The summed E-state index contributed by atoms with van der Waals surface area (Å²) in [7, 11) is 0. The SMILES string of the molecule is CC[C@]1(C(=O)C(C)C)[C@H](C)CC[C@@H]1/C=C/CCl. The molecule has 2 heteroatoms. The van der Waals surface area contributed by atoms with Crippen molar-refractivity contribution in [3.8, 4) is 0 Å². The molecule has 0 aromatic heterocycles. The molecular formula is C15H25ClO. The summed E-state index contributed by atoms with van der Waals surface area (Å²) in [4.78, 5) is 12.6. The van der Waals surface area contributed by atoms with Gasteiger partial charge in [-0.1, -0.05) is 39.8 Å². The second-order valence-corrected chi connectivity index (χ2v) is 5.89. The van der Waals surface area contributed by atoms with Crippen LogP contribution in [0.1, 0.15) is 47.0 Å². The molecule has 1 aliphatic rings. The lowest BCUT2D eigenvalue weighted by atomic mass is 9.65. The van der Waals surface area contributed by atoms with E-state index in [2.05, 4.69) is 19.9 Å². The molecule has 3 atom stereocenters. The maximum absolute atomic E-state index is 12.6. The normalized spacial score (nSPS) is 33.8. The van der Waals surface area contributed by atoms with Crippen LogP contribution in [0.5, 0.6) is 0 Å². The second kappa shape index (κ2) is 6.04. The van der Waals surface area contributed by atoms with Gasteiger partial charge in [0.05, 0.1) is 0 Å². The number of carbonyl (C=O) groups excluding carboxylic acids is 1. The van der Waals surface area contributed by atoms with Gasteiger partial charge < -0.3 is 0 Å². The molecule has 0 saturated heterocycles. The van der Waals surface area contributed by atoms with Crippen molar-refractivity contribution in [2.45, 2.75) is 47.0 Å². The first kappa shape index (κ1) is 14.8. The number of ketones is 1. The van der Waals surface area contributed by atoms with Crippen LogP contribution in [0.25, 0.3) is 0 Å². The van der Waals surface area contributed by atoms with Gasteiger partial charge in [0.1, 0.15) is 5.78 Å². The standard InChI is InChI=1S/C15H25ClO/c1-5-15(14(17)11(2)3)12(4)8-9-13(15)7-6-10-16/h6-7,11-13H,5,8-10H2,1-4H3/b7-6+/t12-,13+,15+/m1/s1. The third kappa shape index (κ3) is 2.59. The lowest BCUT2D eigenvalue weighted by Gasteiger charge is -2.37. The van der Waals surface area contributed by atoms with E-state index in [9.17, 15) is 4.79 Å². The van der Waals surface area contributed by atoms with E-state index < -0.39 is 0 Å². The quantitative estimate of drug-likeness (QED) is 0.525. The average Bonchev–Trinajstić information content (AvgIpc) is 2.63. The van der Waals surface area contributed by atoms with Crippen LogP contribution in [-0.4, -0.2) is 11.7 Å². The summed E-state index contributed by atoms with van der Waals surface area (Å²) < 4.78 is 0. The van der Waals surface area contributed by atoms with Crippen molar-refractivity contribution in [1.82, 2.24) is 0 Å². The molecule has 0 aliphatic heterocycles. The number of alkyl halides is 1. The fourth-order valence-corrected chi connectivity index (χ4v) is 3.64. The molecule has 17 heavy (non-hydrogen) atoms. The minimum atomic E-state index is -0.142. The minimum absolute atomic E-state index is 0.127. The van der Waals surface area contributed by atoms with Crippen molar-refractivity contribution in [3.63, 3.8) is 0 Å². The van der Waals surface area contributed by atoms with Gasteiger partial charge >= 0.3 is 0 Å². The molecule has 0 bridgehead atoms. The maximum atomic E-state index is 12.6. The number of hydrogen-bond acceptors (Lipinski definition) is 1. The fourth-order valence-electron chi connectivity index (χ4n) is 3.54. The van der Waals surface area contributed by atoms with E-state index >= 15 is 0 Å². The van der Waals surface area contributed by atoms with Crippen LogP contribution in [0.15, 0.2) is 12.2 Å². The summed E-state index contributed by atoms with van der Waals surface area (Å²) in [5.41, 5.74) is -0.142. The Labute approximate surface area is 111 Å². The van der Waals surface area contributed by atoms with Crippen molar-refractivity contribution in [1.29, 1.82) is 0 Å². The largest absolute Gasteiger partial charge is 0.299 e. The summed E-state index contributed by atoms with van der Waals surface area (Å²) in [6.45, 7) is 8.43. The number of hydrogen-bond donors (Lipinski definition) is 0. The first-order valence-electron chi connectivity index (χ1n) is 6.77. The Bertz CT molecular complexity index is 295. The van der Waals surface area contributed by atoms with Crippen LogP contribution >= 0.6 is 11.6 Å². The molecule has 1 aliphatic carbocycles. The van der Waals surface area contributed by atoms with Crippen LogP contribution in [0.3, 0.4) is 0 Å². The van der Waals surface area contributed by atoms with Crippen molar-refractivity contribution < 1.29 is 4.79 Å². The van der Waals surface area contributed by atoms with E-state index in [-0.39, 0.29) is 11.3 Å². The first-order chi connectivity index (χ1) is 8.00. The summed E-state index contributed by atoms with van der Waals surface area (Å²) in [5, 5.41) is 0. The van der Waals surface area contributed by atoms with Crippen LogP contribution in [0, 0.1) is 23.2 Å². The zero-order chi connectivity index (χ0) is 13.1. The highest BCUT2D eigenvalue weighted by Gasteiger charge is 2.51. The van der Waals surface area contributed by atoms with E-state index in [0.717, 1.165) is 19.3 Å². The molecule has 1 fully saturated rings. The Hall–Kier alpha value is -0.300. The summed E-state index contributed by atoms with van der Waals surface area (Å²) >= 11 is 5.72. The van der Waals surface area contributed by atoms with Crippen LogP contribution in [-0.2, 0) is 4.79 Å². The average molecular weight is 257 g/mol. The molecule has 98 valence electrons.